The van der Waals surface area contributed by atoms with Gasteiger partial charge in [0, 0.05) is 6.04 Å². The Labute approximate surface area is 88.9 Å². The van der Waals surface area contributed by atoms with E-state index in [4.69, 9.17) is 10.8 Å². The molecule has 2 unspecified atom stereocenters. The highest BCUT2D eigenvalue weighted by molar-refractivity contribution is 5.68. The van der Waals surface area contributed by atoms with Gasteiger partial charge >= 0.3 is 5.97 Å². The number of hydrogen-bond acceptors (Lipinski definition) is 2. The van der Waals surface area contributed by atoms with Crippen molar-refractivity contribution in [1.29, 1.82) is 0 Å². The third kappa shape index (κ3) is 1.88. The molecule has 1 aliphatic rings. The minimum absolute atomic E-state index is 0.00394. The molecular formula is C12H15NO2. The highest BCUT2D eigenvalue weighted by Crippen LogP contribution is 2.41. The molecule has 2 atom stereocenters. The van der Waals surface area contributed by atoms with Crippen LogP contribution >= 0.6 is 0 Å². The van der Waals surface area contributed by atoms with E-state index >= 15 is 0 Å². The first-order valence-corrected chi connectivity index (χ1v) is 5.15. The van der Waals surface area contributed by atoms with Gasteiger partial charge in [-0.05, 0) is 30.4 Å². The van der Waals surface area contributed by atoms with Gasteiger partial charge in [0.05, 0.1) is 6.42 Å². The second-order valence-electron chi connectivity index (χ2n) is 4.27. The molecule has 3 nitrogen and oxygen atoms in total. The standard InChI is InChI=1S/C12H15NO2/c1-7-2-3-9-8(6-12(14)15)5-11(13)10(9)4-7/h2-4,8,11H,5-6,13H2,1H3,(H,14,15). The summed E-state index contributed by atoms with van der Waals surface area (Å²) in [7, 11) is 0. The summed E-state index contributed by atoms with van der Waals surface area (Å²) < 4.78 is 0. The summed E-state index contributed by atoms with van der Waals surface area (Å²) in [6.07, 6.45) is 0.939. The van der Waals surface area contributed by atoms with Crippen LogP contribution in [0.5, 0.6) is 0 Å². The fraction of sp³-hybridized carbons (Fsp3) is 0.417. The van der Waals surface area contributed by atoms with Crippen molar-refractivity contribution in [2.24, 2.45) is 5.73 Å². The van der Waals surface area contributed by atoms with Gasteiger partial charge in [-0.25, -0.2) is 0 Å². The average Bonchev–Trinajstić information content (AvgIpc) is 2.42. The van der Waals surface area contributed by atoms with Gasteiger partial charge in [0.2, 0.25) is 0 Å². The summed E-state index contributed by atoms with van der Waals surface area (Å²) in [5.74, 6) is -0.659. The minimum atomic E-state index is -0.749. The predicted molar refractivity (Wildman–Crippen MR) is 57.7 cm³/mol. The molecule has 0 heterocycles. The van der Waals surface area contributed by atoms with Crippen LogP contribution < -0.4 is 5.73 Å². The summed E-state index contributed by atoms with van der Waals surface area (Å²) in [6.45, 7) is 2.03. The maximum Gasteiger partial charge on any atom is 0.303 e. The van der Waals surface area contributed by atoms with E-state index in [0.717, 1.165) is 17.5 Å². The first-order chi connectivity index (χ1) is 7.08. The Bertz CT molecular complexity index is 401. The van der Waals surface area contributed by atoms with Gasteiger partial charge in [-0.1, -0.05) is 23.8 Å². The molecule has 3 heteroatoms. The number of carboxylic acids is 1. The molecule has 2 rings (SSSR count). The second-order valence-corrected chi connectivity index (χ2v) is 4.27. The smallest absolute Gasteiger partial charge is 0.303 e. The highest BCUT2D eigenvalue weighted by atomic mass is 16.4. The van der Waals surface area contributed by atoms with Crippen molar-refractivity contribution in [2.75, 3.05) is 0 Å². The summed E-state index contributed by atoms with van der Waals surface area (Å²) in [6, 6.07) is 6.11. The Kier molecular flexibility index (Phi) is 2.49. The number of fused-ring (bicyclic) bond motifs is 1. The Morgan fingerprint density at radius 1 is 1.53 bits per heavy atom. The van der Waals surface area contributed by atoms with Gasteiger partial charge < -0.3 is 10.8 Å². The van der Waals surface area contributed by atoms with E-state index in [1.165, 1.54) is 5.56 Å². The molecule has 0 aliphatic heterocycles. The third-order valence-corrected chi connectivity index (χ3v) is 3.04. The quantitative estimate of drug-likeness (QED) is 0.775. The fourth-order valence-electron chi connectivity index (χ4n) is 2.35. The van der Waals surface area contributed by atoms with Crippen LogP contribution in [-0.4, -0.2) is 11.1 Å². The Hall–Kier alpha value is -1.35. The van der Waals surface area contributed by atoms with Crippen molar-refractivity contribution in [3.63, 3.8) is 0 Å². The van der Waals surface area contributed by atoms with Crippen LogP contribution in [0.4, 0.5) is 0 Å². The van der Waals surface area contributed by atoms with Crippen LogP contribution in [0.1, 0.15) is 41.5 Å². The number of hydrogen-bond donors (Lipinski definition) is 2. The molecule has 0 bridgehead atoms. The van der Waals surface area contributed by atoms with Crippen molar-refractivity contribution in [2.45, 2.75) is 31.7 Å². The topological polar surface area (TPSA) is 63.3 Å². The monoisotopic (exact) mass is 205 g/mol. The van der Waals surface area contributed by atoms with Gasteiger partial charge in [-0.2, -0.15) is 0 Å². The normalized spacial score (nSPS) is 23.9. The lowest BCUT2D eigenvalue weighted by molar-refractivity contribution is -0.137. The zero-order chi connectivity index (χ0) is 11.0. The number of rotatable bonds is 2. The summed E-state index contributed by atoms with van der Waals surface area (Å²) in [5.41, 5.74) is 9.42. The third-order valence-electron chi connectivity index (χ3n) is 3.04. The van der Waals surface area contributed by atoms with Gasteiger partial charge in [0.25, 0.3) is 0 Å². The number of benzene rings is 1. The van der Waals surface area contributed by atoms with Crippen LogP contribution in [0, 0.1) is 6.92 Å². The minimum Gasteiger partial charge on any atom is -0.481 e. The van der Waals surface area contributed by atoms with Crippen LogP contribution in [0.2, 0.25) is 0 Å². The number of nitrogens with two attached hydrogens (primary N) is 1. The Morgan fingerprint density at radius 2 is 2.27 bits per heavy atom. The molecule has 80 valence electrons. The number of carboxylic acid groups (broad SMARTS) is 1. The largest absolute Gasteiger partial charge is 0.481 e. The van der Waals surface area contributed by atoms with Crippen molar-refractivity contribution in [3.05, 3.63) is 34.9 Å². The molecule has 0 fully saturated rings. The maximum absolute atomic E-state index is 10.7. The Balaban J connectivity index is 2.33. The maximum atomic E-state index is 10.7. The SMILES string of the molecule is Cc1ccc2c(c1)C(N)CC2CC(=O)O. The number of aliphatic carboxylic acids is 1. The lowest BCUT2D eigenvalue weighted by Gasteiger charge is -2.07. The van der Waals surface area contributed by atoms with E-state index in [-0.39, 0.29) is 18.4 Å². The average molecular weight is 205 g/mol. The first kappa shape index (κ1) is 10.2. The summed E-state index contributed by atoms with van der Waals surface area (Å²) in [5, 5.41) is 8.80. The lowest BCUT2D eigenvalue weighted by atomic mass is 9.97. The van der Waals surface area contributed by atoms with Gasteiger partial charge in [0.15, 0.2) is 0 Å². The van der Waals surface area contributed by atoms with Crippen LogP contribution in [0.3, 0.4) is 0 Å². The predicted octanol–water partition coefficient (Wildman–Crippen LogP) is 1.96. The molecule has 0 amide bonds. The van der Waals surface area contributed by atoms with Crippen molar-refractivity contribution in [3.8, 4) is 0 Å². The van der Waals surface area contributed by atoms with Crippen LogP contribution in [0.25, 0.3) is 0 Å². The van der Waals surface area contributed by atoms with Gasteiger partial charge in [-0.15, -0.1) is 0 Å². The van der Waals surface area contributed by atoms with E-state index in [1.54, 1.807) is 0 Å². The molecule has 0 spiro atoms. The molecule has 1 aromatic carbocycles. The molecule has 15 heavy (non-hydrogen) atoms. The molecule has 1 aromatic rings. The number of carbonyl (C=O) groups is 1. The molecule has 1 aliphatic carbocycles. The molecule has 0 aromatic heterocycles. The fourth-order valence-corrected chi connectivity index (χ4v) is 2.35. The zero-order valence-electron chi connectivity index (χ0n) is 8.73. The summed E-state index contributed by atoms with van der Waals surface area (Å²) in [4.78, 5) is 10.7. The summed E-state index contributed by atoms with van der Waals surface area (Å²) >= 11 is 0. The first-order valence-electron chi connectivity index (χ1n) is 5.15. The van der Waals surface area contributed by atoms with Crippen molar-refractivity contribution in [1.82, 2.24) is 0 Å². The van der Waals surface area contributed by atoms with E-state index in [1.807, 2.05) is 19.1 Å². The van der Waals surface area contributed by atoms with Crippen molar-refractivity contribution >= 4 is 5.97 Å². The molecule has 0 radical (unpaired) electrons. The van der Waals surface area contributed by atoms with Gasteiger partial charge in [-0.3, -0.25) is 4.79 Å². The number of aryl methyl sites for hydroxylation is 1. The molecule has 3 N–H and O–H groups in total. The van der Waals surface area contributed by atoms with Crippen molar-refractivity contribution < 1.29 is 9.90 Å². The van der Waals surface area contributed by atoms with E-state index in [9.17, 15) is 4.79 Å². The Morgan fingerprint density at radius 3 is 2.93 bits per heavy atom. The molecule has 0 saturated carbocycles. The molecule has 0 saturated heterocycles. The highest BCUT2D eigenvalue weighted by Gasteiger charge is 2.29. The van der Waals surface area contributed by atoms with E-state index < -0.39 is 5.97 Å². The second kappa shape index (κ2) is 3.66. The van der Waals surface area contributed by atoms with Crippen LogP contribution in [0.15, 0.2) is 18.2 Å². The zero-order valence-corrected chi connectivity index (χ0v) is 8.73. The van der Waals surface area contributed by atoms with E-state index in [0.29, 0.717) is 0 Å². The molecular weight excluding hydrogens is 190 g/mol. The van der Waals surface area contributed by atoms with E-state index in [2.05, 4.69) is 6.07 Å². The van der Waals surface area contributed by atoms with Crippen LogP contribution in [-0.2, 0) is 4.79 Å². The lowest BCUT2D eigenvalue weighted by Crippen LogP contribution is -2.07. The van der Waals surface area contributed by atoms with Gasteiger partial charge in [0.1, 0.15) is 0 Å².